The monoisotopic (exact) mass is 200 g/mol. The molecule has 1 heterocycles. The van der Waals surface area contributed by atoms with Crippen LogP contribution in [0.25, 0.3) is 0 Å². The molecule has 14 heavy (non-hydrogen) atoms. The Balaban J connectivity index is 2.28. The lowest BCUT2D eigenvalue weighted by Gasteiger charge is -2.38. The number of likely N-dealkylation sites (tertiary alicyclic amines) is 1. The lowest BCUT2D eigenvalue weighted by molar-refractivity contribution is 0.0864. The minimum absolute atomic E-state index is 0.320. The van der Waals surface area contributed by atoms with Crippen LogP contribution in [-0.4, -0.2) is 41.8 Å². The second-order valence-electron chi connectivity index (χ2n) is 4.57. The molecule has 1 fully saturated rings. The molecule has 3 N–H and O–H groups in total. The number of piperidine rings is 1. The van der Waals surface area contributed by atoms with Crippen LogP contribution in [-0.2, 0) is 0 Å². The largest absolute Gasteiger partial charge is 0.392 e. The zero-order valence-electron chi connectivity index (χ0n) is 9.45. The van der Waals surface area contributed by atoms with Crippen molar-refractivity contribution in [2.75, 3.05) is 19.6 Å². The third-order valence-electron chi connectivity index (χ3n) is 3.53. The van der Waals surface area contributed by atoms with Gasteiger partial charge in [-0.3, -0.25) is 0 Å². The molecule has 0 radical (unpaired) electrons. The molecule has 1 rings (SSSR count). The van der Waals surface area contributed by atoms with Gasteiger partial charge in [-0.05, 0) is 38.6 Å². The maximum atomic E-state index is 9.39. The van der Waals surface area contributed by atoms with Crippen molar-refractivity contribution in [3.8, 4) is 0 Å². The van der Waals surface area contributed by atoms with Crippen molar-refractivity contribution in [2.24, 2.45) is 11.7 Å². The molecule has 0 amide bonds. The number of aliphatic hydroxyl groups is 1. The topological polar surface area (TPSA) is 49.5 Å². The zero-order valence-corrected chi connectivity index (χ0v) is 9.45. The second kappa shape index (κ2) is 5.69. The van der Waals surface area contributed by atoms with Crippen LogP contribution in [0.5, 0.6) is 0 Å². The van der Waals surface area contributed by atoms with Crippen molar-refractivity contribution in [2.45, 2.75) is 45.3 Å². The van der Waals surface area contributed by atoms with Crippen LogP contribution < -0.4 is 5.73 Å². The molecule has 0 spiro atoms. The molecule has 0 bridgehead atoms. The van der Waals surface area contributed by atoms with Gasteiger partial charge in [0.05, 0.1) is 6.10 Å². The molecule has 3 nitrogen and oxygen atoms in total. The van der Waals surface area contributed by atoms with E-state index in [0.717, 1.165) is 18.9 Å². The molecule has 3 atom stereocenters. The van der Waals surface area contributed by atoms with Crippen LogP contribution in [0.2, 0.25) is 0 Å². The van der Waals surface area contributed by atoms with Crippen molar-refractivity contribution in [3.05, 3.63) is 0 Å². The van der Waals surface area contributed by atoms with Crippen LogP contribution in [0.4, 0.5) is 0 Å². The zero-order chi connectivity index (χ0) is 10.6. The fraction of sp³-hybridized carbons (Fsp3) is 1.00. The van der Waals surface area contributed by atoms with Crippen molar-refractivity contribution >= 4 is 0 Å². The van der Waals surface area contributed by atoms with Crippen molar-refractivity contribution in [3.63, 3.8) is 0 Å². The quantitative estimate of drug-likeness (QED) is 0.706. The first-order valence-electron chi connectivity index (χ1n) is 5.77. The summed E-state index contributed by atoms with van der Waals surface area (Å²) in [7, 11) is 0. The van der Waals surface area contributed by atoms with E-state index >= 15 is 0 Å². The fourth-order valence-corrected chi connectivity index (χ4v) is 2.17. The van der Waals surface area contributed by atoms with Gasteiger partial charge in [-0.2, -0.15) is 0 Å². The minimum Gasteiger partial charge on any atom is -0.392 e. The van der Waals surface area contributed by atoms with Crippen molar-refractivity contribution in [1.82, 2.24) is 4.90 Å². The van der Waals surface area contributed by atoms with Crippen LogP contribution in [0.3, 0.4) is 0 Å². The third kappa shape index (κ3) is 3.23. The van der Waals surface area contributed by atoms with Crippen LogP contribution in [0, 0.1) is 5.92 Å². The Morgan fingerprint density at radius 3 is 2.86 bits per heavy atom. The summed E-state index contributed by atoms with van der Waals surface area (Å²) in [5.74, 6) is 0.791. The van der Waals surface area contributed by atoms with Crippen molar-refractivity contribution in [1.29, 1.82) is 0 Å². The van der Waals surface area contributed by atoms with Gasteiger partial charge in [0.25, 0.3) is 0 Å². The molecular formula is C11H24N2O. The molecule has 1 aliphatic rings. The molecule has 84 valence electrons. The standard InChI is InChI=1S/C11H24N2O/c1-9-4-3-6-13(10(9)2)7-5-11(14)8-12/h9-11,14H,3-8,12H2,1-2H3. The average molecular weight is 200 g/mol. The molecule has 0 aromatic heterocycles. The lowest BCUT2D eigenvalue weighted by atomic mass is 9.92. The van der Waals surface area contributed by atoms with E-state index in [1.165, 1.54) is 19.4 Å². The Kier molecular flexibility index (Phi) is 4.85. The fourth-order valence-electron chi connectivity index (χ4n) is 2.17. The number of aliphatic hydroxyl groups excluding tert-OH is 1. The molecule has 0 aromatic rings. The van der Waals surface area contributed by atoms with E-state index in [-0.39, 0.29) is 6.10 Å². The summed E-state index contributed by atoms with van der Waals surface area (Å²) in [6, 6.07) is 0.661. The smallest absolute Gasteiger partial charge is 0.0674 e. The van der Waals surface area contributed by atoms with Gasteiger partial charge >= 0.3 is 0 Å². The van der Waals surface area contributed by atoms with Gasteiger partial charge in [0.1, 0.15) is 0 Å². The first kappa shape index (κ1) is 12.0. The van der Waals surface area contributed by atoms with E-state index in [2.05, 4.69) is 18.7 Å². The van der Waals surface area contributed by atoms with Crippen molar-refractivity contribution < 1.29 is 5.11 Å². The van der Waals surface area contributed by atoms with Crippen LogP contribution >= 0.6 is 0 Å². The van der Waals surface area contributed by atoms with Crippen LogP contribution in [0.1, 0.15) is 33.1 Å². The van der Waals surface area contributed by atoms with Gasteiger partial charge in [-0.15, -0.1) is 0 Å². The molecule has 1 aliphatic heterocycles. The number of hydrogen-bond donors (Lipinski definition) is 2. The minimum atomic E-state index is -0.320. The summed E-state index contributed by atoms with van der Waals surface area (Å²) >= 11 is 0. The predicted molar refractivity (Wildman–Crippen MR) is 59.1 cm³/mol. The van der Waals surface area contributed by atoms with E-state index in [1.807, 2.05) is 0 Å². The Bertz CT molecular complexity index is 163. The summed E-state index contributed by atoms with van der Waals surface area (Å²) in [4.78, 5) is 2.48. The third-order valence-corrected chi connectivity index (χ3v) is 3.53. The van der Waals surface area contributed by atoms with Gasteiger partial charge in [-0.25, -0.2) is 0 Å². The molecule has 3 heteroatoms. The van der Waals surface area contributed by atoms with E-state index in [9.17, 15) is 5.11 Å². The Hall–Kier alpha value is -0.120. The van der Waals surface area contributed by atoms with Gasteiger partial charge in [0, 0.05) is 19.1 Å². The Morgan fingerprint density at radius 1 is 1.50 bits per heavy atom. The maximum absolute atomic E-state index is 9.39. The molecule has 3 unspecified atom stereocenters. The van der Waals surface area contributed by atoms with E-state index in [4.69, 9.17) is 5.73 Å². The van der Waals surface area contributed by atoms with Gasteiger partial charge < -0.3 is 15.7 Å². The van der Waals surface area contributed by atoms with Crippen LogP contribution in [0.15, 0.2) is 0 Å². The normalized spacial score (nSPS) is 31.7. The first-order chi connectivity index (χ1) is 6.65. The van der Waals surface area contributed by atoms with E-state index in [1.54, 1.807) is 0 Å². The Morgan fingerprint density at radius 2 is 2.21 bits per heavy atom. The molecule has 1 saturated heterocycles. The predicted octanol–water partition coefficient (Wildman–Crippen LogP) is 0.817. The highest BCUT2D eigenvalue weighted by molar-refractivity contribution is 4.78. The molecule has 0 aliphatic carbocycles. The summed E-state index contributed by atoms with van der Waals surface area (Å²) in [5.41, 5.74) is 5.38. The average Bonchev–Trinajstić information content (AvgIpc) is 2.20. The number of rotatable bonds is 4. The summed E-state index contributed by atoms with van der Waals surface area (Å²) in [6.07, 6.45) is 3.13. The van der Waals surface area contributed by atoms with E-state index < -0.39 is 0 Å². The number of nitrogens with zero attached hydrogens (tertiary/aromatic N) is 1. The number of hydrogen-bond acceptors (Lipinski definition) is 3. The summed E-state index contributed by atoms with van der Waals surface area (Å²) in [6.45, 7) is 7.17. The Labute approximate surface area is 87.3 Å². The van der Waals surface area contributed by atoms with Gasteiger partial charge in [0.2, 0.25) is 0 Å². The van der Waals surface area contributed by atoms with E-state index in [0.29, 0.717) is 12.6 Å². The first-order valence-corrected chi connectivity index (χ1v) is 5.77. The maximum Gasteiger partial charge on any atom is 0.0674 e. The highest BCUT2D eigenvalue weighted by Crippen LogP contribution is 2.22. The summed E-state index contributed by atoms with van der Waals surface area (Å²) < 4.78 is 0. The van der Waals surface area contributed by atoms with Gasteiger partial charge in [0.15, 0.2) is 0 Å². The van der Waals surface area contributed by atoms with Gasteiger partial charge in [-0.1, -0.05) is 6.92 Å². The highest BCUT2D eigenvalue weighted by Gasteiger charge is 2.24. The SMILES string of the molecule is CC1CCCN(CCC(O)CN)C1C. The molecule has 0 aromatic carbocycles. The highest BCUT2D eigenvalue weighted by atomic mass is 16.3. The molecular weight excluding hydrogens is 176 g/mol. The summed E-state index contributed by atoms with van der Waals surface area (Å²) in [5, 5.41) is 9.39. The lowest BCUT2D eigenvalue weighted by Crippen LogP contribution is -2.43. The molecule has 0 saturated carbocycles. The second-order valence-corrected chi connectivity index (χ2v) is 4.57. The number of nitrogens with two attached hydrogens (primary N) is 1.